The van der Waals surface area contributed by atoms with Crippen molar-refractivity contribution in [2.75, 3.05) is 0 Å². The monoisotopic (exact) mass is 198 g/mol. The van der Waals surface area contributed by atoms with E-state index in [2.05, 4.69) is 4.98 Å². The molecule has 0 spiro atoms. The molecule has 74 valence electrons. The molecule has 0 aliphatic rings. The van der Waals surface area contributed by atoms with Gasteiger partial charge in [-0.3, -0.25) is 4.79 Å². The second-order valence-corrected chi connectivity index (χ2v) is 3.69. The van der Waals surface area contributed by atoms with Gasteiger partial charge < -0.3 is 9.55 Å². The maximum Gasteiger partial charge on any atom is 0.272 e. The second-order valence-electron chi connectivity index (χ2n) is 3.69. The number of nitrogens with zero attached hydrogens (tertiary/aromatic N) is 1. The molecule has 0 radical (unpaired) electrons. The zero-order valence-corrected chi connectivity index (χ0v) is 8.32. The summed E-state index contributed by atoms with van der Waals surface area (Å²) in [6.07, 6.45) is 1.91. The summed E-state index contributed by atoms with van der Waals surface area (Å²) < 4.78 is 1.85. The summed E-state index contributed by atoms with van der Waals surface area (Å²) in [4.78, 5) is 14.7. The molecule has 0 fully saturated rings. The minimum absolute atomic E-state index is 0.0313. The fraction of sp³-hybridized carbons (Fsp3) is 0.0833. The van der Waals surface area contributed by atoms with Crippen LogP contribution in [-0.2, 0) is 7.05 Å². The van der Waals surface area contributed by atoms with Gasteiger partial charge in [0, 0.05) is 29.5 Å². The second kappa shape index (κ2) is 2.73. The molecule has 1 aromatic carbocycles. The van der Waals surface area contributed by atoms with Crippen LogP contribution in [0, 0.1) is 0 Å². The molecule has 0 saturated carbocycles. The number of para-hydroxylation sites is 1. The third kappa shape index (κ3) is 1.03. The van der Waals surface area contributed by atoms with Crippen molar-refractivity contribution in [2.24, 2.45) is 7.05 Å². The zero-order valence-electron chi connectivity index (χ0n) is 8.32. The fourth-order valence-electron chi connectivity index (χ4n) is 2.04. The Labute approximate surface area is 86.0 Å². The largest absolute Gasteiger partial charge is 0.346 e. The number of fused-ring (bicyclic) bond motifs is 3. The molecule has 3 aromatic rings. The topological polar surface area (TPSA) is 37.8 Å². The molecule has 2 aromatic heterocycles. The number of aromatic amines is 1. The van der Waals surface area contributed by atoms with Crippen LogP contribution in [-0.4, -0.2) is 9.55 Å². The van der Waals surface area contributed by atoms with Crippen molar-refractivity contribution in [3.8, 4) is 0 Å². The van der Waals surface area contributed by atoms with Crippen LogP contribution < -0.4 is 5.56 Å². The number of hydrogen-bond donors (Lipinski definition) is 1. The van der Waals surface area contributed by atoms with Gasteiger partial charge in [-0.2, -0.15) is 0 Å². The normalized spacial score (nSPS) is 11.3. The molecule has 3 rings (SSSR count). The molecule has 0 unspecified atom stereocenters. The molecule has 2 heterocycles. The summed E-state index contributed by atoms with van der Waals surface area (Å²) in [5.41, 5.74) is 1.59. The lowest BCUT2D eigenvalue weighted by Crippen LogP contribution is -2.08. The van der Waals surface area contributed by atoms with Crippen LogP contribution in [0.5, 0.6) is 0 Å². The van der Waals surface area contributed by atoms with Crippen LogP contribution in [0.3, 0.4) is 0 Å². The Morgan fingerprint density at radius 1 is 1.13 bits per heavy atom. The highest BCUT2D eigenvalue weighted by Gasteiger charge is 2.06. The van der Waals surface area contributed by atoms with Crippen LogP contribution in [0.25, 0.3) is 21.8 Å². The van der Waals surface area contributed by atoms with Crippen LogP contribution >= 0.6 is 0 Å². The molecule has 0 aliphatic carbocycles. The van der Waals surface area contributed by atoms with Crippen LogP contribution in [0.15, 0.2) is 41.3 Å². The highest BCUT2D eigenvalue weighted by Crippen LogP contribution is 2.20. The Bertz CT molecular complexity index is 706. The third-order valence-electron chi connectivity index (χ3n) is 2.75. The molecule has 3 nitrogen and oxygen atoms in total. The number of pyridine rings is 1. The van der Waals surface area contributed by atoms with E-state index in [1.165, 1.54) is 0 Å². The minimum Gasteiger partial charge on any atom is -0.346 e. The van der Waals surface area contributed by atoms with E-state index in [0.29, 0.717) is 0 Å². The number of benzene rings is 1. The van der Waals surface area contributed by atoms with E-state index in [4.69, 9.17) is 0 Å². The number of rotatable bonds is 0. The SMILES string of the molecule is Cn1ccc2c3ccccc3[nH]c(=O)c21. The van der Waals surface area contributed by atoms with Crippen molar-refractivity contribution in [3.63, 3.8) is 0 Å². The molecular weight excluding hydrogens is 188 g/mol. The van der Waals surface area contributed by atoms with Crippen LogP contribution in [0.2, 0.25) is 0 Å². The number of nitrogens with one attached hydrogen (secondary N) is 1. The van der Waals surface area contributed by atoms with E-state index >= 15 is 0 Å². The standard InChI is InChI=1S/C12H10N2O/c1-14-7-6-9-8-4-2-3-5-10(8)13-12(15)11(9)14/h2-7H,1H3,(H,13,15). The van der Waals surface area contributed by atoms with E-state index in [-0.39, 0.29) is 5.56 Å². The van der Waals surface area contributed by atoms with Crippen molar-refractivity contribution in [1.29, 1.82) is 0 Å². The van der Waals surface area contributed by atoms with E-state index in [0.717, 1.165) is 21.8 Å². The van der Waals surface area contributed by atoms with Gasteiger partial charge in [0.05, 0.1) is 0 Å². The predicted molar refractivity (Wildman–Crippen MR) is 61.0 cm³/mol. The number of H-pyrrole nitrogens is 1. The van der Waals surface area contributed by atoms with Crippen LogP contribution in [0.1, 0.15) is 0 Å². The highest BCUT2D eigenvalue weighted by atomic mass is 16.1. The smallest absolute Gasteiger partial charge is 0.272 e. The molecule has 3 heteroatoms. The predicted octanol–water partition coefficient (Wildman–Crippen LogP) is 2.02. The summed E-state index contributed by atoms with van der Waals surface area (Å²) >= 11 is 0. The van der Waals surface area contributed by atoms with Gasteiger partial charge >= 0.3 is 0 Å². The molecule has 0 bridgehead atoms. The molecule has 0 amide bonds. The van der Waals surface area contributed by atoms with Gasteiger partial charge in [0.1, 0.15) is 5.52 Å². The molecular formula is C12H10N2O. The first-order chi connectivity index (χ1) is 7.27. The number of aromatic nitrogens is 2. The van der Waals surface area contributed by atoms with Crippen molar-refractivity contribution >= 4 is 21.8 Å². The number of aryl methyl sites for hydroxylation is 1. The summed E-state index contributed by atoms with van der Waals surface area (Å²) in [6, 6.07) is 9.82. The van der Waals surface area contributed by atoms with Gasteiger partial charge in [-0.15, -0.1) is 0 Å². The van der Waals surface area contributed by atoms with E-state index in [1.54, 1.807) is 0 Å². The van der Waals surface area contributed by atoms with Gasteiger partial charge in [0.15, 0.2) is 0 Å². The third-order valence-corrected chi connectivity index (χ3v) is 2.75. The Morgan fingerprint density at radius 3 is 2.80 bits per heavy atom. The van der Waals surface area contributed by atoms with E-state index in [9.17, 15) is 4.79 Å². The fourth-order valence-corrected chi connectivity index (χ4v) is 2.04. The maximum absolute atomic E-state index is 11.8. The quantitative estimate of drug-likeness (QED) is 0.589. The first-order valence-electron chi connectivity index (χ1n) is 4.83. The lowest BCUT2D eigenvalue weighted by Gasteiger charge is -2.00. The van der Waals surface area contributed by atoms with Gasteiger partial charge in [0.2, 0.25) is 0 Å². The zero-order chi connectivity index (χ0) is 10.4. The molecule has 0 aliphatic heterocycles. The summed E-state index contributed by atoms with van der Waals surface area (Å²) in [7, 11) is 1.88. The van der Waals surface area contributed by atoms with Crippen molar-refractivity contribution in [1.82, 2.24) is 9.55 Å². The van der Waals surface area contributed by atoms with Gasteiger partial charge in [-0.25, -0.2) is 0 Å². The Morgan fingerprint density at radius 2 is 1.93 bits per heavy atom. The van der Waals surface area contributed by atoms with Gasteiger partial charge in [0.25, 0.3) is 5.56 Å². The first-order valence-corrected chi connectivity index (χ1v) is 4.83. The summed E-state index contributed by atoms with van der Waals surface area (Å²) in [5, 5.41) is 2.10. The maximum atomic E-state index is 11.8. The van der Waals surface area contributed by atoms with Crippen LogP contribution in [0.4, 0.5) is 0 Å². The van der Waals surface area contributed by atoms with E-state index < -0.39 is 0 Å². The first kappa shape index (κ1) is 8.29. The molecule has 1 N–H and O–H groups in total. The van der Waals surface area contributed by atoms with Crippen molar-refractivity contribution in [2.45, 2.75) is 0 Å². The Kier molecular flexibility index (Phi) is 1.51. The van der Waals surface area contributed by atoms with Crippen molar-refractivity contribution in [3.05, 3.63) is 46.9 Å². The van der Waals surface area contributed by atoms with Crippen molar-refractivity contribution < 1.29 is 0 Å². The lowest BCUT2D eigenvalue weighted by atomic mass is 10.1. The molecule has 15 heavy (non-hydrogen) atoms. The van der Waals surface area contributed by atoms with E-state index in [1.807, 2.05) is 48.1 Å². The molecule has 0 atom stereocenters. The average Bonchev–Trinajstić information content (AvgIpc) is 2.62. The Hall–Kier alpha value is -2.03. The lowest BCUT2D eigenvalue weighted by molar-refractivity contribution is 0.960. The minimum atomic E-state index is -0.0313. The Balaban J connectivity index is 2.71. The van der Waals surface area contributed by atoms with Gasteiger partial charge in [-0.05, 0) is 12.1 Å². The average molecular weight is 198 g/mol. The summed E-state index contributed by atoms with van der Waals surface area (Å²) in [5.74, 6) is 0. The highest BCUT2D eigenvalue weighted by molar-refractivity contribution is 6.04. The summed E-state index contributed by atoms with van der Waals surface area (Å²) in [6.45, 7) is 0. The number of hydrogen-bond acceptors (Lipinski definition) is 1. The molecule has 0 saturated heterocycles. The van der Waals surface area contributed by atoms with Gasteiger partial charge in [-0.1, -0.05) is 18.2 Å².